The Morgan fingerprint density at radius 1 is 0.815 bits per heavy atom. The zero-order valence-electron chi connectivity index (χ0n) is 15.6. The van der Waals surface area contributed by atoms with E-state index in [1.54, 1.807) is 0 Å². The molecule has 0 amide bonds. The van der Waals surface area contributed by atoms with Crippen molar-refractivity contribution in [1.82, 2.24) is 0 Å². The zero-order valence-corrected chi connectivity index (χ0v) is 15.6. The summed E-state index contributed by atoms with van der Waals surface area (Å²) in [6.45, 7) is 0. The lowest BCUT2D eigenvalue weighted by Crippen LogP contribution is -2.31. The standard InChI is InChI=1S/C24H26O3/c25-21-16-20(17-10-4-1-5-11-17)22(18-12-6-2-7-13-18)23(21)24(26)27-19-14-8-3-9-15-19/h1-2,4-7,10-13,19-20,22-23H,3,8-9,14-16H2/t20-,22-,23-/m1/s1. The molecule has 0 aromatic heterocycles. The maximum absolute atomic E-state index is 13.0. The second-order valence-electron chi connectivity index (χ2n) is 7.80. The highest BCUT2D eigenvalue weighted by atomic mass is 16.5. The van der Waals surface area contributed by atoms with Crippen molar-refractivity contribution in [2.45, 2.75) is 56.5 Å². The molecule has 27 heavy (non-hydrogen) atoms. The van der Waals surface area contributed by atoms with Crippen LogP contribution in [0.4, 0.5) is 0 Å². The molecule has 2 aromatic carbocycles. The molecule has 2 aliphatic carbocycles. The van der Waals surface area contributed by atoms with Gasteiger partial charge in [-0.1, -0.05) is 67.1 Å². The highest BCUT2D eigenvalue weighted by Crippen LogP contribution is 2.48. The van der Waals surface area contributed by atoms with E-state index in [9.17, 15) is 9.59 Å². The molecule has 0 radical (unpaired) electrons. The molecule has 3 atom stereocenters. The van der Waals surface area contributed by atoms with E-state index in [1.807, 2.05) is 48.5 Å². The molecule has 4 rings (SSSR count). The first kappa shape index (κ1) is 18.0. The third kappa shape index (κ3) is 3.83. The van der Waals surface area contributed by atoms with Crippen LogP contribution in [0.3, 0.4) is 0 Å². The Hall–Kier alpha value is -2.42. The lowest BCUT2D eigenvalue weighted by atomic mass is 9.80. The number of hydrogen-bond donors (Lipinski definition) is 0. The van der Waals surface area contributed by atoms with E-state index in [0.29, 0.717) is 6.42 Å². The number of Topliss-reactive ketones (excluding diaryl/α,β-unsaturated/α-hetero) is 1. The molecule has 0 spiro atoms. The number of carbonyl (C=O) groups excluding carboxylic acids is 2. The monoisotopic (exact) mass is 362 g/mol. The van der Waals surface area contributed by atoms with Gasteiger partial charge in [0, 0.05) is 12.3 Å². The van der Waals surface area contributed by atoms with Gasteiger partial charge in [0.2, 0.25) is 0 Å². The summed E-state index contributed by atoms with van der Waals surface area (Å²) >= 11 is 0. The molecule has 0 unspecified atom stereocenters. The van der Waals surface area contributed by atoms with Crippen LogP contribution in [0, 0.1) is 5.92 Å². The normalized spacial score (nSPS) is 26.1. The second kappa shape index (κ2) is 8.08. The zero-order chi connectivity index (χ0) is 18.6. The first-order valence-electron chi connectivity index (χ1n) is 10.1. The summed E-state index contributed by atoms with van der Waals surface area (Å²) in [6.07, 6.45) is 5.63. The number of hydrogen-bond acceptors (Lipinski definition) is 3. The molecule has 0 bridgehead atoms. The van der Waals surface area contributed by atoms with Crippen LogP contribution in [0.25, 0.3) is 0 Å². The molecule has 2 aromatic rings. The van der Waals surface area contributed by atoms with Gasteiger partial charge in [-0.05, 0) is 42.7 Å². The summed E-state index contributed by atoms with van der Waals surface area (Å²) in [5.74, 6) is -1.14. The quantitative estimate of drug-likeness (QED) is 0.567. The lowest BCUT2D eigenvalue weighted by Gasteiger charge is -2.27. The molecule has 2 fully saturated rings. The van der Waals surface area contributed by atoms with Gasteiger partial charge in [-0.25, -0.2) is 0 Å². The van der Waals surface area contributed by atoms with E-state index in [1.165, 1.54) is 6.42 Å². The van der Waals surface area contributed by atoms with Gasteiger partial charge in [0.1, 0.15) is 17.8 Å². The van der Waals surface area contributed by atoms with Crippen molar-refractivity contribution >= 4 is 11.8 Å². The molecule has 0 aliphatic heterocycles. The largest absolute Gasteiger partial charge is 0.462 e. The predicted octanol–water partition coefficient (Wildman–Crippen LogP) is 5.02. The third-order valence-electron chi connectivity index (χ3n) is 6.06. The number of benzene rings is 2. The van der Waals surface area contributed by atoms with Gasteiger partial charge in [0.05, 0.1) is 0 Å². The van der Waals surface area contributed by atoms with E-state index in [4.69, 9.17) is 4.74 Å². The van der Waals surface area contributed by atoms with E-state index >= 15 is 0 Å². The van der Waals surface area contributed by atoms with Crippen molar-refractivity contribution in [2.24, 2.45) is 5.92 Å². The molecule has 0 saturated heterocycles. The summed E-state index contributed by atoms with van der Waals surface area (Å²) in [7, 11) is 0. The molecule has 2 saturated carbocycles. The number of ether oxygens (including phenoxy) is 1. The molecular formula is C24H26O3. The predicted molar refractivity (Wildman–Crippen MR) is 104 cm³/mol. The van der Waals surface area contributed by atoms with Gasteiger partial charge in [-0.15, -0.1) is 0 Å². The van der Waals surface area contributed by atoms with Crippen LogP contribution in [0.15, 0.2) is 60.7 Å². The van der Waals surface area contributed by atoms with Crippen molar-refractivity contribution in [3.05, 3.63) is 71.8 Å². The van der Waals surface area contributed by atoms with Crippen molar-refractivity contribution in [3.63, 3.8) is 0 Å². The minimum Gasteiger partial charge on any atom is -0.462 e. The minimum atomic E-state index is -0.695. The van der Waals surface area contributed by atoms with Crippen LogP contribution in [-0.2, 0) is 14.3 Å². The molecule has 0 N–H and O–H groups in total. The number of ketones is 1. The lowest BCUT2D eigenvalue weighted by molar-refractivity contribution is -0.157. The van der Waals surface area contributed by atoms with Gasteiger partial charge in [0.15, 0.2) is 0 Å². The van der Waals surface area contributed by atoms with Crippen molar-refractivity contribution in [1.29, 1.82) is 0 Å². The Morgan fingerprint density at radius 3 is 2.04 bits per heavy atom. The Balaban J connectivity index is 1.64. The Morgan fingerprint density at radius 2 is 1.41 bits per heavy atom. The third-order valence-corrected chi connectivity index (χ3v) is 6.06. The average molecular weight is 362 g/mol. The first-order valence-corrected chi connectivity index (χ1v) is 10.1. The summed E-state index contributed by atoms with van der Waals surface area (Å²) in [5, 5.41) is 0. The van der Waals surface area contributed by atoms with Gasteiger partial charge >= 0.3 is 5.97 Å². The fourth-order valence-corrected chi connectivity index (χ4v) is 4.73. The van der Waals surface area contributed by atoms with Crippen LogP contribution >= 0.6 is 0 Å². The average Bonchev–Trinajstić information content (AvgIpc) is 3.07. The van der Waals surface area contributed by atoms with E-state index in [0.717, 1.165) is 36.8 Å². The fraction of sp³-hybridized carbons (Fsp3) is 0.417. The first-order chi connectivity index (χ1) is 13.2. The molecule has 2 aliphatic rings. The summed E-state index contributed by atoms with van der Waals surface area (Å²) in [5.41, 5.74) is 2.16. The molecule has 3 nitrogen and oxygen atoms in total. The molecule has 0 heterocycles. The Labute approximate surface area is 160 Å². The van der Waals surface area contributed by atoms with Crippen molar-refractivity contribution < 1.29 is 14.3 Å². The number of carbonyl (C=O) groups is 2. The minimum absolute atomic E-state index is 0.0125. The SMILES string of the molecule is O=C1C[C@H](c2ccccc2)[C@@H](c2ccccc2)[C@@H]1C(=O)OC1CCCCC1. The van der Waals surface area contributed by atoms with Crippen LogP contribution in [0.5, 0.6) is 0 Å². The topological polar surface area (TPSA) is 43.4 Å². The molecule has 3 heteroatoms. The summed E-state index contributed by atoms with van der Waals surface area (Å²) in [6, 6.07) is 20.1. The molecular weight excluding hydrogens is 336 g/mol. The molecule has 140 valence electrons. The fourth-order valence-electron chi connectivity index (χ4n) is 4.73. The number of rotatable bonds is 4. The van der Waals surface area contributed by atoms with Crippen molar-refractivity contribution in [2.75, 3.05) is 0 Å². The van der Waals surface area contributed by atoms with Crippen LogP contribution < -0.4 is 0 Å². The van der Waals surface area contributed by atoms with Crippen LogP contribution in [0.1, 0.15) is 61.5 Å². The Kier molecular flexibility index (Phi) is 5.38. The van der Waals surface area contributed by atoms with Gasteiger partial charge in [-0.2, -0.15) is 0 Å². The van der Waals surface area contributed by atoms with Crippen molar-refractivity contribution in [3.8, 4) is 0 Å². The van der Waals surface area contributed by atoms with Crippen LogP contribution in [0.2, 0.25) is 0 Å². The highest BCUT2D eigenvalue weighted by Gasteiger charge is 2.48. The maximum atomic E-state index is 13.0. The highest BCUT2D eigenvalue weighted by molar-refractivity contribution is 6.02. The van der Waals surface area contributed by atoms with E-state index in [-0.39, 0.29) is 29.7 Å². The smallest absolute Gasteiger partial charge is 0.317 e. The van der Waals surface area contributed by atoms with E-state index < -0.39 is 5.92 Å². The van der Waals surface area contributed by atoms with Gasteiger partial charge in [-0.3, -0.25) is 9.59 Å². The second-order valence-corrected chi connectivity index (χ2v) is 7.80. The maximum Gasteiger partial charge on any atom is 0.317 e. The van der Waals surface area contributed by atoms with Gasteiger partial charge < -0.3 is 4.74 Å². The summed E-state index contributed by atoms with van der Waals surface area (Å²) < 4.78 is 5.82. The number of esters is 1. The van der Waals surface area contributed by atoms with Gasteiger partial charge in [0.25, 0.3) is 0 Å². The van der Waals surface area contributed by atoms with Crippen LogP contribution in [-0.4, -0.2) is 17.9 Å². The Bertz CT molecular complexity index is 778. The summed E-state index contributed by atoms with van der Waals surface area (Å²) in [4.78, 5) is 26.0. The van der Waals surface area contributed by atoms with E-state index in [2.05, 4.69) is 12.1 Å².